The number of hydrogen-bond donors (Lipinski definition) is 4. The van der Waals surface area contributed by atoms with Crippen molar-refractivity contribution in [2.75, 3.05) is 10.6 Å². The molecule has 0 unspecified atom stereocenters. The van der Waals surface area contributed by atoms with Gasteiger partial charge < -0.3 is 10.6 Å². The van der Waals surface area contributed by atoms with Gasteiger partial charge in [0.15, 0.2) is 0 Å². The van der Waals surface area contributed by atoms with Gasteiger partial charge >= 0.3 is 24.2 Å². The molecule has 2 rings (SSSR count). The predicted octanol–water partition coefficient (Wildman–Crippen LogP) is 5.02. The molecule has 0 saturated heterocycles. The number of amides is 4. The van der Waals surface area contributed by atoms with Crippen LogP contribution in [-0.4, -0.2) is 47.4 Å². The summed E-state index contributed by atoms with van der Waals surface area (Å²) in [6.45, 7) is 3.05. The lowest BCUT2D eigenvalue weighted by atomic mass is 10.1. The van der Waals surface area contributed by atoms with Crippen LogP contribution in [0.4, 0.5) is 37.7 Å². The fraction of sp³-hybridized carbons (Fsp3) is 0.333. The molecule has 0 radical (unpaired) electrons. The van der Waals surface area contributed by atoms with Crippen molar-refractivity contribution < 1.29 is 45.5 Å². The number of anilines is 2. The summed E-state index contributed by atoms with van der Waals surface area (Å²) in [5.41, 5.74) is 5.85. The minimum Gasteiger partial charge on any atom is -0.318 e. The van der Waals surface area contributed by atoms with Gasteiger partial charge in [-0.1, -0.05) is 30.7 Å². The first kappa shape index (κ1) is 34.4. The molecule has 0 atom stereocenters. The summed E-state index contributed by atoms with van der Waals surface area (Å²) in [5.74, 6) is -5.06. The minimum atomic E-state index is -5.04. The zero-order valence-electron chi connectivity index (χ0n) is 22.9. The number of alkyl halides is 6. The van der Waals surface area contributed by atoms with Crippen LogP contribution in [0.1, 0.15) is 57.1 Å². The number of hydrogen-bond acceptors (Lipinski definition) is 6. The molecule has 0 heterocycles. The molecule has 4 amide bonds. The summed E-state index contributed by atoms with van der Waals surface area (Å²) in [5, 5.41) is 11.3. The van der Waals surface area contributed by atoms with Crippen LogP contribution in [0.5, 0.6) is 0 Å². The van der Waals surface area contributed by atoms with Gasteiger partial charge in [-0.2, -0.15) is 36.5 Å². The summed E-state index contributed by atoms with van der Waals surface area (Å²) < 4.78 is 74.6. The van der Waals surface area contributed by atoms with Crippen LogP contribution in [0.15, 0.2) is 58.7 Å². The van der Waals surface area contributed by atoms with E-state index in [0.29, 0.717) is 41.8 Å². The molecule has 0 aromatic heterocycles. The fourth-order valence-corrected chi connectivity index (χ4v) is 3.33. The Balaban J connectivity index is 1.73. The largest absolute Gasteiger partial charge is 0.471 e. The number of carbonyl (C=O) groups is 4. The molecule has 2 aromatic rings. The molecule has 0 aliphatic heterocycles. The van der Waals surface area contributed by atoms with E-state index in [4.69, 9.17) is 0 Å². The van der Waals surface area contributed by atoms with Crippen LogP contribution in [0.3, 0.4) is 0 Å². The van der Waals surface area contributed by atoms with Crippen molar-refractivity contribution in [1.82, 2.24) is 10.9 Å². The highest BCUT2D eigenvalue weighted by molar-refractivity contribution is 6.02. The molecule has 43 heavy (non-hydrogen) atoms. The van der Waals surface area contributed by atoms with Crippen LogP contribution in [-0.2, 0) is 19.2 Å². The monoisotopic (exact) mass is 614 g/mol. The smallest absolute Gasteiger partial charge is 0.318 e. The van der Waals surface area contributed by atoms with Gasteiger partial charge in [-0.15, -0.1) is 0 Å². The van der Waals surface area contributed by atoms with E-state index in [1.165, 1.54) is 50.2 Å². The third-order valence-electron chi connectivity index (χ3n) is 5.60. The first-order valence-electron chi connectivity index (χ1n) is 12.7. The number of rotatable bonds is 12. The highest BCUT2D eigenvalue weighted by Crippen LogP contribution is 2.20. The first-order valence-corrected chi connectivity index (χ1v) is 12.7. The van der Waals surface area contributed by atoms with E-state index in [0.717, 1.165) is 0 Å². The third kappa shape index (κ3) is 12.3. The number of nitrogens with zero attached hydrogens (tertiary/aromatic N) is 2. The quantitative estimate of drug-likeness (QED) is 0.115. The zero-order chi connectivity index (χ0) is 32.2. The maximum absolute atomic E-state index is 12.4. The Hall–Kier alpha value is -4.76. The number of carbonyl (C=O) groups excluding carboxylic acids is 4. The maximum Gasteiger partial charge on any atom is 0.471 e. The van der Waals surface area contributed by atoms with Crippen LogP contribution >= 0.6 is 0 Å². The number of benzene rings is 2. The lowest BCUT2D eigenvalue weighted by Gasteiger charge is -2.09. The standard InChI is InChI=1S/C27H28F6N6O4/c1-16(18-8-6-10-20(14-18)34-24(42)26(28,29)30)36-38-22(40)12-4-3-5-13-23(41)39-37-17(2)19-9-7-11-21(15-19)35-25(43)27(31,32)33/h6-11,14-15H,3-5,12-13H2,1-2H3,(H,34,42)(H,35,43)(H,38,40)(H,39,41). The first-order chi connectivity index (χ1) is 20.1. The van der Waals surface area contributed by atoms with Crippen LogP contribution in [0.2, 0.25) is 0 Å². The van der Waals surface area contributed by atoms with Gasteiger partial charge in [0, 0.05) is 24.2 Å². The van der Waals surface area contributed by atoms with E-state index >= 15 is 0 Å². The fourth-order valence-electron chi connectivity index (χ4n) is 3.33. The topological polar surface area (TPSA) is 141 Å². The van der Waals surface area contributed by atoms with Crippen LogP contribution in [0, 0.1) is 0 Å². The van der Waals surface area contributed by atoms with E-state index in [9.17, 15) is 45.5 Å². The maximum atomic E-state index is 12.4. The molecule has 0 saturated carbocycles. The molecule has 10 nitrogen and oxygen atoms in total. The minimum absolute atomic E-state index is 0.0883. The highest BCUT2D eigenvalue weighted by atomic mass is 19.4. The normalized spacial score (nSPS) is 12.4. The van der Waals surface area contributed by atoms with Gasteiger partial charge in [0.1, 0.15) is 0 Å². The highest BCUT2D eigenvalue weighted by Gasteiger charge is 2.39. The SMILES string of the molecule is CC(=NNC(=O)CCCCCC(=O)NN=C(C)c1cccc(NC(=O)C(F)(F)F)c1)c1cccc(NC(=O)C(F)(F)F)c1. The van der Waals surface area contributed by atoms with Crippen molar-refractivity contribution in [1.29, 1.82) is 0 Å². The van der Waals surface area contributed by atoms with Gasteiger partial charge in [-0.3, -0.25) is 19.2 Å². The molecule has 232 valence electrons. The molecular formula is C27H28F6N6O4. The van der Waals surface area contributed by atoms with Crippen molar-refractivity contribution in [2.24, 2.45) is 10.2 Å². The van der Waals surface area contributed by atoms with E-state index in [2.05, 4.69) is 21.1 Å². The Bertz CT molecular complexity index is 1290. The van der Waals surface area contributed by atoms with Gasteiger partial charge in [0.25, 0.3) is 0 Å². The predicted molar refractivity (Wildman–Crippen MR) is 146 cm³/mol. The molecule has 4 N–H and O–H groups in total. The Morgan fingerprint density at radius 3 is 1.35 bits per heavy atom. The number of hydrazone groups is 2. The van der Waals surface area contributed by atoms with Gasteiger partial charge in [-0.05, 0) is 62.1 Å². The van der Waals surface area contributed by atoms with E-state index in [-0.39, 0.29) is 24.2 Å². The van der Waals surface area contributed by atoms with Crippen molar-refractivity contribution in [3.8, 4) is 0 Å². The van der Waals surface area contributed by atoms with Crippen LogP contribution in [0.25, 0.3) is 0 Å². The lowest BCUT2D eigenvalue weighted by molar-refractivity contribution is -0.167. The average Bonchev–Trinajstić information content (AvgIpc) is 2.93. The average molecular weight is 615 g/mol. The Morgan fingerprint density at radius 1 is 0.628 bits per heavy atom. The second-order valence-corrected chi connectivity index (χ2v) is 9.09. The van der Waals surface area contributed by atoms with Crippen molar-refractivity contribution in [3.63, 3.8) is 0 Å². The number of halogens is 6. The van der Waals surface area contributed by atoms with Crippen molar-refractivity contribution >= 4 is 46.4 Å². The summed E-state index contributed by atoms with van der Waals surface area (Å²) >= 11 is 0. The molecular weight excluding hydrogens is 586 g/mol. The number of nitrogens with one attached hydrogen (secondary N) is 4. The van der Waals surface area contributed by atoms with Crippen LogP contribution < -0.4 is 21.5 Å². The molecule has 0 aliphatic rings. The summed E-state index contributed by atoms with van der Waals surface area (Å²) in [6.07, 6.45) is -8.49. The Kier molecular flexibility index (Phi) is 12.4. The van der Waals surface area contributed by atoms with Crippen molar-refractivity contribution in [2.45, 2.75) is 58.3 Å². The molecule has 0 aliphatic carbocycles. The molecule has 0 bridgehead atoms. The lowest BCUT2D eigenvalue weighted by Crippen LogP contribution is -2.29. The molecule has 0 spiro atoms. The third-order valence-corrected chi connectivity index (χ3v) is 5.60. The molecule has 2 aromatic carbocycles. The summed E-state index contributed by atoms with van der Waals surface area (Å²) in [6, 6.07) is 11.0. The second kappa shape index (κ2) is 15.5. The zero-order valence-corrected chi connectivity index (χ0v) is 22.9. The van der Waals surface area contributed by atoms with Gasteiger partial charge in [-0.25, -0.2) is 10.9 Å². The summed E-state index contributed by atoms with van der Waals surface area (Å²) in [7, 11) is 0. The Morgan fingerprint density at radius 2 is 1.00 bits per heavy atom. The molecule has 0 fully saturated rings. The van der Waals surface area contributed by atoms with E-state index in [1.54, 1.807) is 22.8 Å². The van der Waals surface area contributed by atoms with Gasteiger partial charge in [0.05, 0.1) is 11.4 Å². The van der Waals surface area contributed by atoms with E-state index < -0.39 is 36.0 Å². The number of unbranched alkanes of at least 4 members (excludes halogenated alkanes) is 2. The van der Waals surface area contributed by atoms with Crippen molar-refractivity contribution in [3.05, 3.63) is 59.7 Å². The van der Waals surface area contributed by atoms with E-state index in [1.807, 2.05) is 0 Å². The van der Waals surface area contributed by atoms with Gasteiger partial charge in [0.2, 0.25) is 11.8 Å². The summed E-state index contributed by atoms with van der Waals surface area (Å²) in [4.78, 5) is 46.3. The molecule has 16 heteroatoms. The second-order valence-electron chi connectivity index (χ2n) is 9.09. The Labute approximate surface area is 242 Å².